The van der Waals surface area contributed by atoms with Crippen LogP contribution in [0.1, 0.15) is 30.4 Å². The van der Waals surface area contributed by atoms with E-state index in [0.29, 0.717) is 12.5 Å². The van der Waals surface area contributed by atoms with Crippen LogP contribution in [-0.4, -0.2) is 25.0 Å². The number of benzene rings is 1. The van der Waals surface area contributed by atoms with Gasteiger partial charge in [0.05, 0.1) is 0 Å². The normalized spacial score (nSPS) is 18.8. The molecule has 0 saturated carbocycles. The summed E-state index contributed by atoms with van der Waals surface area (Å²) < 4.78 is 0. The molecule has 18 heavy (non-hydrogen) atoms. The second kappa shape index (κ2) is 6.55. The van der Waals surface area contributed by atoms with Crippen molar-refractivity contribution in [3.8, 4) is 0 Å². The number of nitrogens with one attached hydrogen (secondary N) is 2. The summed E-state index contributed by atoms with van der Waals surface area (Å²) in [5.41, 5.74) is 2.60. The van der Waals surface area contributed by atoms with E-state index in [1.54, 1.807) is 0 Å². The molecule has 1 fully saturated rings. The first-order valence-electron chi connectivity index (χ1n) is 6.79. The molecular formula is C15H22N2O. The Kier molecular flexibility index (Phi) is 4.76. The fraction of sp³-hybridized carbons (Fsp3) is 0.533. The maximum Gasteiger partial charge on any atom is 0.220 e. The highest BCUT2D eigenvalue weighted by Gasteiger charge is 2.15. The third-order valence-corrected chi connectivity index (χ3v) is 3.42. The summed E-state index contributed by atoms with van der Waals surface area (Å²) in [6.07, 6.45) is 3.60. The molecule has 1 aliphatic rings. The third-order valence-electron chi connectivity index (χ3n) is 3.42. The van der Waals surface area contributed by atoms with E-state index in [-0.39, 0.29) is 5.91 Å². The summed E-state index contributed by atoms with van der Waals surface area (Å²) in [4.78, 5) is 11.7. The first-order valence-corrected chi connectivity index (χ1v) is 6.79. The van der Waals surface area contributed by atoms with Gasteiger partial charge in [0.1, 0.15) is 0 Å². The number of carbonyl (C=O) groups excluding carboxylic acids is 1. The van der Waals surface area contributed by atoms with Crippen molar-refractivity contribution in [2.24, 2.45) is 0 Å². The van der Waals surface area contributed by atoms with Gasteiger partial charge in [-0.1, -0.05) is 29.8 Å². The van der Waals surface area contributed by atoms with E-state index >= 15 is 0 Å². The van der Waals surface area contributed by atoms with Gasteiger partial charge in [-0.25, -0.2) is 0 Å². The first kappa shape index (κ1) is 13.1. The van der Waals surface area contributed by atoms with Gasteiger partial charge in [0.15, 0.2) is 0 Å². The Hall–Kier alpha value is -1.35. The molecule has 2 rings (SSSR count). The standard InChI is InChI=1S/C15H22N2O/c1-12-5-7-13(8-6-12)3-2-4-15(18)17-14-9-10-16-11-14/h5-8,14,16H,2-4,9-11H2,1H3,(H,17,18). The van der Waals surface area contributed by atoms with Gasteiger partial charge in [0.2, 0.25) is 5.91 Å². The molecular weight excluding hydrogens is 224 g/mol. The van der Waals surface area contributed by atoms with E-state index in [0.717, 1.165) is 32.4 Å². The van der Waals surface area contributed by atoms with E-state index in [1.165, 1.54) is 11.1 Å². The number of hydrogen-bond acceptors (Lipinski definition) is 2. The summed E-state index contributed by atoms with van der Waals surface area (Å²) in [5, 5.41) is 6.32. The highest BCUT2D eigenvalue weighted by molar-refractivity contribution is 5.76. The lowest BCUT2D eigenvalue weighted by Crippen LogP contribution is -2.36. The van der Waals surface area contributed by atoms with Crippen LogP contribution in [-0.2, 0) is 11.2 Å². The van der Waals surface area contributed by atoms with Crippen molar-refractivity contribution < 1.29 is 4.79 Å². The van der Waals surface area contributed by atoms with Crippen molar-refractivity contribution in [1.82, 2.24) is 10.6 Å². The Morgan fingerprint density at radius 3 is 2.83 bits per heavy atom. The van der Waals surface area contributed by atoms with Crippen molar-refractivity contribution in [2.45, 2.75) is 38.6 Å². The number of aryl methyl sites for hydroxylation is 2. The molecule has 0 aromatic heterocycles. The number of hydrogen-bond donors (Lipinski definition) is 2. The van der Waals surface area contributed by atoms with Crippen molar-refractivity contribution >= 4 is 5.91 Å². The van der Waals surface area contributed by atoms with Gasteiger partial charge in [-0.15, -0.1) is 0 Å². The monoisotopic (exact) mass is 246 g/mol. The van der Waals surface area contributed by atoms with Crippen molar-refractivity contribution in [2.75, 3.05) is 13.1 Å². The van der Waals surface area contributed by atoms with Gasteiger partial charge in [0.25, 0.3) is 0 Å². The predicted molar refractivity (Wildman–Crippen MR) is 73.5 cm³/mol. The molecule has 1 amide bonds. The molecule has 1 heterocycles. The van der Waals surface area contributed by atoms with Gasteiger partial charge in [-0.3, -0.25) is 4.79 Å². The molecule has 0 aliphatic carbocycles. The topological polar surface area (TPSA) is 41.1 Å². The van der Waals surface area contributed by atoms with Gasteiger partial charge in [-0.05, 0) is 38.3 Å². The molecule has 3 nitrogen and oxygen atoms in total. The summed E-state index contributed by atoms with van der Waals surface area (Å²) in [6, 6.07) is 8.89. The minimum Gasteiger partial charge on any atom is -0.352 e. The summed E-state index contributed by atoms with van der Waals surface area (Å²) in [6.45, 7) is 4.03. The van der Waals surface area contributed by atoms with Crippen LogP contribution < -0.4 is 10.6 Å². The van der Waals surface area contributed by atoms with E-state index in [4.69, 9.17) is 0 Å². The minimum absolute atomic E-state index is 0.191. The van der Waals surface area contributed by atoms with Crippen molar-refractivity contribution in [1.29, 1.82) is 0 Å². The maximum atomic E-state index is 11.7. The van der Waals surface area contributed by atoms with Gasteiger partial charge < -0.3 is 10.6 Å². The molecule has 1 aromatic carbocycles. The van der Waals surface area contributed by atoms with Crippen LogP contribution in [0.5, 0.6) is 0 Å². The van der Waals surface area contributed by atoms with Crippen LogP contribution in [0, 0.1) is 6.92 Å². The van der Waals surface area contributed by atoms with Crippen LogP contribution in [0.2, 0.25) is 0 Å². The second-order valence-electron chi connectivity index (χ2n) is 5.10. The molecule has 0 bridgehead atoms. The average Bonchev–Trinajstić information content (AvgIpc) is 2.84. The Bertz CT molecular complexity index is 380. The van der Waals surface area contributed by atoms with Crippen LogP contribution in [0.15, 0.2) is 24.3 Å². The number of carbonyl (C=O) groups is 1. The Morgan fingerprint density at radius 1 is 1.39 bits per heavy atom. The Balaban J connectivity index is 1.65. The lowest BCUT2D eigenvalue weighted by Gasteiger charge is -2.11. The van der Waals surface area contributed by atoms with Crippen LogP contribution in [0.3, 0.4) is 0 Å². The quantitative estimate of drug-likeness (QED) is 0.831. The van der Waals surface area contributed by atoms with Crippen LogP contribution >= 0.6 is 0 Å². The molecule has 1 aromatic rings. The summed E-state index contributed by atoms with van der Waals surface area (Å²) >= 11 is 0. The molecule has 1 saturated heterocycles. The fourth-order valence-electron chi connectivity index (χ4n) is 2.29. The average molecular weight is 246 g/mol. The van der Waals surface area contributed by atoms with Crippen LogP contribution in [0.4, 0.5) is 0 Å². The van der Waals surface area contributed by atoms with E-state index < -0.39 is 0 Å². The van der Waals surface area contributed by atoms with Gasteiger partial charge in [-0.2, -0.15) is 0 Å². The number of rotatable bonds is 5. The zero-order chi connectivity index (χ0) is 12.8. The zero-order valence-electron chi connectivity index (χ0n) is 11.0. The highest BCUT2D eigenvalue weighted by atomic mass is 16.1. The molecule has 0 radical (unpaired) electrons. The summed E-state index contributed by atoms with van der Waals surface area (Å²) in [7, 11) is 0. The fourth-order valence-corrected chi connectivity index (χ4v) is 2.29. The molecule has 2 N–H and O–H groups in total. The smallest absolute Gasteiger partial charge is 0.220 e. The SMILES string of the molecule is Cc1ccc(CCCC(=O)NC2CCNC2)cc1. The van der Waals surface area contributed by atoms with E-state index in [1.807, 2.05) is 0 Å². The minimum atomic E-state index is 0.191. The van der Waals surface area contributed by atoms with Crippen molar-refractivity contribution in [3.63, 3.8) is 0 Å². The second-order valence-corrected chi connectivity index (χ2v) is 5.10. The number of amides is 1. The lowest BCUT2D eigenvalue weighted by atomic mass is 10.1. The third kappa shape index (κ3) is 4.15. The first-order chi connectivity index (χ1) is 8.74. The summed E-state index contributed by atoms with van der Waals surface area (Å²) in [5.74, 6) is 0.191. The maximum absolute atomic E-state index is 11.7. The van der Waals surface area contributed by atoms with Crippen molar-refractivity contribution in [3.05, 3.63) is 35.4 Å². The largest absolute Gasteiger partial charge is 0.352 e. The highest BCUT2D eigenvalue weighted by Crippen LogP contribution is 2.07. The van der Waals surface area contributed by atoms with Crippen LogP contribution in [0.25, 0.3) is 0 Å². The molecule has 1 unspecified atom stereocenters. The molecule has 3 heteroatoms. The Labute approximate surface area is 109 Å². The zero-order valence-corrected chi connectivity index (χ0v) is 11.0. The molecule has 1 atom stereocenters. The van der Waals surface area contributed by atoms with E-state index in [2.05, 4.69) is 41.8 Å². The molecule has 0 spiro atoms. The molecule has 1 aliphatic heterocycles. The van der Waals surface area contributed by atoms with Gasteiger partial charge >= 0.3 is 0 Å². The Morgan fingerprint density at radius 2 is 2.17 bits per heavy atom. The predicted octanol–water partition coefficient (Wildman–Crippen LogP) is 1.80. The molecule has 98 valence electrons. The lowest BCUT2D eigenvalue weighted by molar-refractivity contribution is -0.121. The van der Waals surface area contributed by atoms with E-state index in [9.17, 15) is 4.79 Å². The van der Waals surface area contributed by atoms with Gasteiger partial charge in [0, 0.05) is 19.0 Å².